The largest absolute Gasteiger partial charge is 0.387 e. The van der Waals surface area contributed by atoms with Crippen LogP contribution in [0.15, 0.2) is 43.0 Å². The molecule has 0 aliphatic carbocycles. The lowest BCUT2D eigenvalue weighted by Crippen LogP contribution is -2.62. The van der Waals surface area contributed by atoms with Gasteiger partial charge in [-0.3, -0.25) is 4.79 Å². The van der Waals surface area contributed by atoms with E-state index in [2.05, 4.69) is 11.9 Å². The third kappa shape index (κ3) is 5.35. The minimum absolute atomic E-state index is 0.0771. The average molecular weight is 439 g/mol. The topological polar surface area (TPSA) is 88.0 Å². The van der Waals surface area contributed by atoms with Gasteiger partial charge in [-0.15, -0.1) is 6.58 Å². The molecule has 2 rings (SSSR count). The lowest BCUT2D eigenvalue weighted by molar-refractivity contribution is -0.147. The van der Waals surface area contributed by atoms with Crippen LogP contribution in [0.25, 0.3) is 0 Å². The van der Waals surface area contributed by atoms with Crippen LogP contribution in [-0.2, 0) is 20.9 Å². The zero-order valence-electron chi connectivity index (χ0n) is 14.6. The van der Waals surface area contributed by atoms with Crippen LogP contribution in [0.1, 0.15) is 12.5 Å². The molecule has 0 spiro atoms. The first-order chi connectivity index (χ1) is 12.6. The van der Waals surface area contributed by atoms with Gasteiger partial charge >= 0.3 is 0 Å². The van der Waals surface area contributed by atoms with Crippen LogP contribution in [-0.4, -0.2) is 50.6 Å². The molecule has 1 amide bonds. The van der Waals surface area contributed by atoms with Crippen molar-refractivity contribution in [3.63, 3.8) is 0 Å². The number of ether oxygens (including phenoxy) is 2. The summed E-state index contributed by atoms with van der Waals surface area (Å²) in [6.07, 6.45) is -2.01. The van der Waals surface area contributed by atoms with Crippen molar-refractivity contribution in [2.75, 3.05) is 6.61 Å². The highest BCUT2D eigenvalue weighted by Crippen LogP contribution is 2.35. The fraction of sp³-hybridized carbons (Fsp3) is 0.500. The molecule has 3 N–H and O–H groups in total. The van der Waals surface area contributed by atoms with Gasteiger partial charge in [0.25, 0.3) is 9.70 Å². The van der Waals surface area contributed by atoms with E-state index in [0.717, 1.165) is 5.56 Å². The summed E-state index contributed by atoms with van der Waals surface area (Å²) >= 11 is 17.0. The van der Waals surface area contributed by atoms with Crippen molar-refractivity contribution in [3.05, 3.63) is 48.6 Å². The second-order valence-corrected chi connectivity index (χ2v) is 8.75. The summed E-state index contributed by atoms with van der Waals surface area (Å²) < 4.78 is 9.02. The van der Waals surface area contributed by atoms with Crippen LogP contribution < -0.4 is 5.32 Å². The number of halogens is 3. The number of carbonyl (C=O) groups is 1. The number of aliphatic hydroxyl groups is 2. The number of benzene rings is 1. The molecule has 1 aromatic rings. The Labute approximate surface area is 173 Å². The summed E-state index contributed by atoms with van der Waals surface area (Å²) in [5.41, 5.74) is -0.420. The molecule has 1 aliphatic rings. The number of hydrogen-bond acceptors (Lipinski definition) is 5. The molecule has 1 fully saturated rings. The van der Waals surface area contributed by atoms with E-state index in [1.54, 1.807) is 6.92 Å². The number of amides is 1. The fourth-order valence-electron chi connectivity index (χ4n) is 2.99. The van der Waals surface area contributed by atoms with Crippen molar-refractivity contribution < 1.29 is 24.5 Å². The van der Waals surface area contributed by atoms with Crippen LogP contribution in [0.5, 0.6) is 0 Å². The van der Waals surface area contributed by atoms with Gasteiger partial charge in [-0.25, -0.2) is 0 Å². The number of aliphatic hydroxyl groups excluding tert-OH is 2. The molecule has 1 unspecified atom stereocenters. The number of hydrogen-bond donors (Lipinski definition) is 3. The third-order valence-electron chi connectivity index (χ3n) is 4.52. The average Bonchev–Trinajstić information content (AvgIpc) is 2.88. The van der Waals surface area contributed by atoms with Crippen LogP contribution >= 0.6 is 34.8 Å². The van der Waals surface area contributed by atoms with Crippen molar-refractivity contribution in [1.82, 2.24) is 5.32 Å². The Kier molecular flexibility index (Phi) is 7.55. The standard InChI is InChI=1S/C18H22Cl3NO5/c1-3-17(22-16(25)18(19,20)21,14-11(2)13(23)15(24)27-14)10-26-9-12-7-5-4-6-8-12/h3-8,11,13-15,23-24H,1,9-10H2,2H3,(H,22,25)/t11-,13+,14-,15?,17+/m0/s1. The van der Waals surface area contributed by atoms with Crippen molar-refractivity contribution in [2.24, 2.45) is 5.92 Å². The molecule has 1 saturated heterocycles. The monoisotopic (exact) mass is 437 g/mol. The molecule has 1 heterocycles. The fourth-order valence-corrected chi connectivity index (χ4v) is 3.14. The zero-order valence-corrected chi connectivity index (χ0v) is 16.9. The minimum Gasteiger partial charge on any atom is -0.387 e. The molecule has 0 saturated carbocycles. The van der Waals surface area contributed by atoms with Crippen molar-refractivity contribution in [2.45, 2.75) is 41.4 Å². The molecule has 27 heavy (non-hydrogen) atoms. The van der Waals surface area contributed by atoms with Gasteiger partial charge in [0, 0.05) is 5.92 Å². The van der Waals surface area contributed by atoms with E-state index in [1.807, 2.05) is 30.3 Å². The van der Waals surface area contributed by atoms with Gasteiger partial charge in [-0.05, 0) is 5.56 Å². The molecule has 0 radical (unpaired) electrons. The van der Waals surface area contributed by atoms with Crippen LogP contribution in [0, 0.1) is 5.92 Å². The Morgan fingerprint density at radius 1 is 1.33 bits per heavy atom. The predicted octanol–water partition coefficient (Wildman–Crippen LogP) is 2.33. The van der Waals surface area contributed by atoms with E-state index in [9.17, 15) is 15.0 Å². The van der Waals surface area contributed by atoms with Gasteiger partial charge in [-0.2, -0.15) is 0 Å². The van der Waals surface area contributed by atoms with E-state index < -0.39 is 39.7 Å². The second kappa shape index (κ2) is 9.09. The van der Waals surface area contributed by atoms with Crippen LogP contribution in [0.4, 0.5) is 0 Å². The smallest absolute Gasteiger partial charge is 0.273 e. The Balaban J connectivity index is 2.23. The van der Waals surface area contributed by atoms with Crippen LogP contribution in [0.2, 0.25) is 0 Å². The summed E-state index contributed by atoms with van der Waals surface area (Å²) in [7, 11) is 0. The van der Waals surface area contributed by atoms with Crippen molar-refractivity contribution >= 4 is 40.7 Å². The Morgan fingerprint density at radius 2 is 1.96 bits per heavy atom. The van der Waals surface area contributed by atoms with Gasteiger partial charge in [0.05, 0.1) is 19.3 Å². The van der Waals surface area contributed by atoms with Gasteiger partial charge in [-0.1, -0.05) is 78.1 Å². The first kappa shape index (κ1) is 22.4. The lowest BCUT2D eigenvalue weighted by atomic mass is 9.84. The quantitative estimate of drug-likeness (QED) is 0.449. The Morgan fingerprint density at radius 3 is 2.44 bits per heavy atom. The molecule has 9 heteroatoms. The zero-order chi connectivity index (χ0) is 20.2. The molecule has 6 nitrogen and oxygen atoms in total. The summed E-state index contributed by atoms with van der Waals surface area (Å²) in [5.74, 6) is -1.45. The lowest BCUT2D eigenvalue weighted by Gasteiger charge is -2.39. The molecular weight excluding hydrogens is 417 g/mol. The Bertz CT molecular complexity index is 654. The highest BCUT2D eigenvalue weighted by molar-refractivity contribution is 6.76. The molecule has 0 aromatic heterocycles. The van der Waals surface area contributed by atoms with Gasteiger partial charge in [0.2, 0.25) is 0 Å². The number of carbonyl (C=O) groups excluding carboxylic acids is 1. The van der Waals surface area contributed by atoms with E-state index in [0.29, 0.717) is 0 Å². The normalized spacial score (nSPS) is 27.8. The predicted molar refractivity (Wildman–Crippen MR) is 104 cm³/mol. The molecule has 5 atom stereocenters. The number of rotatable bonds is 7. The van der Waals surface area contributed by atoms with E-state index in [1.165, 1.54) is 6.08 Å². The number of nitrogens with one attached hydrogen (secondary N) is 1. The number of alkyl halides is 3. The first-order valence-corrected chi connectivity index (χ1v) is 9.40. The van der Waals surface area contributed by atoms with Crippen molar-refractivity contribution in [3.8, 4) is 0 Å². The summed E-state index contributed by atoms with van der Waals surface area (Å²) in [6, 6.07) is 9.41. The maximum Gasteiger partial charge on any atom is 0.273 e. The highest BCUT2D eigenvalue weighted by atomic mass is 35.6. The second-order valence-electron chi connectivity index (χ2n) is 6.47. The molecule has 150 valence electrons. The summed E-state index contributed by atoms with van der Waals surface area (Å²) in [5, 5.41) is 22.5. The molecule has 0 bridgehead atoms. The SMILES string of the molecule is C=C[C@](COCc1ccccc1)(NC(=O)C(Cl)(Cl)Cl)[C@H]1OC(O)[C@H](O)[C@@H]1C. The van der Waals surface area contributed by atoms with Gasteiger partial charge in [0.1, 0.15) is 11.6 Å². The summed E-state index contributed by atoms with van der Waals surface area (Å²) in [6.45, 7) is 5.60. The Hall–Kier alpha value is -0.860. The van der Waals surface area contributed by atoms with Gasteiger partial charge < -0.3 is 25.0 Å². The first-order valence-electron chi connectivity index (χ1n) is 8.27. The molecule has 1 aliphatic heterocycles. The van der Waals surface area contributed by atoms with Crippen molar-refractivity contribution in [1.29, 1.82) is 0 Å². The van der Waals surface area contributed by atoms with E-state index >= 15 is 0 Å². The minimum atomic E-state index is -2.22. The molecular formula is C18H22Cl3NO5. The van der Waals surface area contributed by atoms with Crippen LogP contribution in [0.3, 0.4) is 0 Å². The van der Waals surface area contributed by atoms with Gasteiger partial charge in [0.15, 0.2) is 6.29 Å². The maximum atomic E-state index is 12.3. The molecule has 1 aromatic carbocycles. The highest BCUT2D eigenvalue weighted by Gasteiger charge is 2.52. The van der Waals surface area contributed by atoms with E-state index in [4.69, 9.17) is 44.3 Å². The van der Waals surface area contributed by atoms with E-state index in [-0.39, 0.29) is 13.2 Å². The summed E-state index contributed by atoms with van der Waals surface area (Å²) in [4.78, 5) is 12.3. The third-order valence-corrected chi connectivity index (χ3v) is 5.04. The maximum absolute atomic E-state index is 12.3.